The molecule has 0 bridgehead atoms. The molecule has 0 aliphatic carbocycles. The van der Waals surface area contributed by atoms with E-state index in [-0.39, 0.29) is 5.78 Å². The van der Waals surface area contributed by atoms with Gasteiger partial charge in [-0.3, -0.25) is 9.78 Å². The molecule has 0 aliphatic heterocycles. The van der Waals surface area contributed by atoms with Crippen molar-refractivity contribution in [1.29, 1.82) is 0 Å². The van der Waals surface area contributed by atoms with Crippen LogP contribution in [0.3, 0.4) is 0 Å². The Bertz CT molecular complexity index is 482. The lowest BCUT2D eigenvalue weighted by atomic mass is 10.1. The fraction of sp³-hybridized carbons (Fsp3) is 0. The van der Waals surface area contributed by atoms with Gasteiger partial charge in [0.1, 0.15) is 0 Å². The minimum atomic E-state index is -0.0643. The number of hydrogen-bond acceptors (Lipinski definition) is 2. The predicted molar refractivity (Wildman–Crippen MR) is 59.1 cm³/mol. The molecule has 3 heteroatoms. The second kappa shape index (κ2) is 4.24. The molecule has 2 aromatic rings. The van der Waals surface area contributed by atoms with Gasteiger partial charge in [-0.15, -0.1) is 0 Å². The molecule has 15 heavy (non-hydrogen) atoms. The van der Waals surface area contributed by atoms with Crippen LogP contribution >= 0.6 is 11.6 Å². The SMILES string of the molecule is O=C(c1cccnc1)c1cccc(Cl)c1. The van der Waals surface area contributed by atoms with E-state index in [9.17, 15) is 4.79 Å². The highest BCUT2D eigenvalue weighted by Gasteiger charge is 2.08. The van der Waals surface area contributed by atoms with Crippen LogP contribution in [0.4, 0.5) is 0 Å². The molecule has 0 aliphatic rings. The number of benzene rings is 1. The van der Waals surface area contributed by atoms with Crippen LogP contribution in [0, 0.1) is 0 Å². The van der Waals surface area contributed by atoms with Crippen LogP contribution in [0.5, 0.6) is 0 Å². The highest BCUT2D eigenvalue weighted by molar-refractivity contribution is 6.31. The van der Waals surface area contributed by atoms with Crippen molar-refractivity contribution in [3.8, 4) is 0 Å². The first kappa shape index (κ1) is 9.87. The highest BCUT2D eigenvalue weighted by Crippen LogP contribution is 2.14. The first-order valence-electron chi connectivity index (χ1n) is 4.47. The largest absolute Gasteiger partial charge is 0.289 e. The number of rotatable bonds is 2. The van der Waals surface area contributed by atoms with Gasteiger partial charge in [0.2, 0.25) is 0 Å². The fourth-order valence-corrected chi connectivity index (χ4v) is 1.48. The van der Waals surface area contributed by atoms with E-state index < -0.39 is 0 Å². The van der Waals surface area contributed by atoms with Gasteiger partial charge in [-0.05, 0) is 24.3 Å². The molecule has 74 valence electrons. The molecule has 0 fully saturated rings. The fourth-order valence-electron chi connectivity index (χ4n) is 1.29. The summed E-state index contributed by atoms with van der Waals surface area (Å²) in [6, 6.07) is 10.3. The average molecular weight is 218 g/mol. The smallest absolute Gasteiger partial charge is 0.194 e. The standard InChI is InChI=1S/C12H8ClNO/c13-11-5-1-3-9(7-11)12(15)10-4-2-6-14-8-10/h1-8H. The quantitative estimate of drug-likeness (QED) is 0.724. The maximum atomic E-state index is 11.9. The van der Waals surface area contributed by atoms with Gasteiger partial charge in [-0.1, -0.05) is 23.7 Å². The van der Waals surface area contributed by atoms with Gasteiger partial charge in [-0.25, -0.2) is 0 Å². The number of ketones is 1. The Morgan fingerprint density at radius 2 is 1.93 bits per heavy atom. The van der Waals surface area contributed by atoms with Gasteiger partial charge >= 0.3 is 0 Å². The third kappa shape index (κ3) is 2.22. The number of carbonyl (C=O) groups excluding carboxylic acids is 1. The zero-order valence-electron chi connectivity index (χ0n) is 7.85. The molecule has 0 saturated heterocycles. The van der Waals surface area contributed by atoms with E-state index in [1.165, 1.54) is 0 Å². The number of nitrogens with zero attached hydrogens (tertiary/aromatic N) is 1. The number of halogens is 1. The van der Waals surface area contributed by atoms with Crippen LogP contribution in [0.25, 0.3) is 0 Å². The van der Waals surface area contributed by atoms with Crippen LogP contribution in [-0.2, 0) is 0 Å². The van der Waals surface area contributed by atoms with Gasteiger partial charge in [-0.2, -0.15) is 0 Å². The topological polar surface area (TPSA) is 30.0 Å². The van der Waals surface area contributed by atoms with Gasteiger partial charge in [0.05, 0.1) is 0 Å². The van der Waals surface area contributed by atoms with E-state index in [0.717, 1.165) is 0 Å². The van der Waals surface area contributed by atoms with Crippen molar-refractivity contribution in [2.45, 2.75) is 0 Å². The lowest BCUT2D eigenvalue weighted by Crippen LogP contribution is -2.01. The summed E-state index contributed by atoms with van der Waals surface area (Å²) in [6.45, 7) is 0. The van der Waals surface area contributed by atoms with E-state index in [4.69, 9.17) is 11.6 Å². The molecular formula is C12H8ClNO. The van der Waals surface area contributed by atoms with Gasteiger partial charge in [0.15, 0.2) is 5.78 Å². The van der Waals surface area contributed by atoms with Crippen LogP contribution in [-0.4, -0.2) is 10.8 Å². The van der Waals surface area contributed by atoms with Crippen LogP contribution in [0.2, 0.25) is 5.02 Å². The molecule has 0 N–H and O–H groups in total. The maximum absolute atomic E-state index is 11.9. The minimum Gasteiger partial charge on any atom is -0.289 e. The molecule has 0 saturated carbocycles. The highest BCUT2D eigenvalue weighted by atomic mass is 35.5. The van der Waals surface area contributed by atoms with E-state index >= 15 is 0 Å². The Morgan fingerprint density at radius 3 is 2.60 bits per heavy atom. The summed E-state index contributed by atoms with van der Waals surface area (Å²) in [7, 11) is 0. The van der Waals surface area contributed by atoms with Crippen molar-refractivity contribution in [3.05, 3.63) is 64.9 Å². The number of carbonyl (C=O) groups is 1. The number of pyridine rings is 1. The molecular weight excluding hydrogens is 210 g/mol. The summed E-state index contributed by atoms with van der Waals surface area (Å²) in [5.74, 6) is -0.0643. The van der Waals surface area contributed by atoms with Crippen LogP contribution in [0.15, 0.2) is 48.8 Å². The molecule has 1 aromatic carbocycles. The first-order valence-corrected chi connectivity index (χ1v) is 4.85. The van der Waals surface area contributed by atoms with Crippen molar-refractivity contribution < 1.29 is 4.79 Å². The zero-order chi connectivity index (χ0) is 10.7. The maximum Gasteiger partial charge on any atom is 0.194 e. The first-order chi connectivity index (χ1) is 7.27. The number of hydrogen-bond donors (Lipinski definition) is 0. The van der Waals surface area contributed by atoms with Crippen LogP contribution < -0.4 is 0 Å². The van der Waals surface area contributed by atoms with E-state index in [1.807, 2.05) is 0 Å². The summed E-state index contributed by atoms with van der Waals surface area (Å²) < 4.78 is 0. The van der Waals surface area contributed by atoms with E-state index in [0.29, 0.717) is 16.1 Å². The summed E-state index contributed by atoms with van der Waals surface area (Å²) in [6.07, 6.45) is 3.18. The Morgan fingerprint density at radius 1 is 1.13 bits per heavy atom. The summed E-state index contributed by atoms with van der Waals surface area (Å²) in [5.41, 5.74) is 1.15. The molecule has 1 aromatic heterocycles. The third-order valence-electron chi connectivity index (χ3n) is 2.01. The van der Waals surface area contributed by atoms with Gasteiger partial charge < -0.3 is 0 Å². The normalized spacial score (nSPS) is 9.93. The van der Waals surface area contributed by atoms with Crippen molar-refractivity contribution >= 4 is 17.4 Å². The van der Waals surface area contributed by atoms with Gasteiger partial charge in [0.25, 0.3) is 0 Å². The molecule has 2 nitrogen and oxygen atoms in total. The average Bonchev–Trinajstić information content (AvgIpc) is 2.29. The molecule has 0 atom stereocenters. The predicted octanol–water partition coefficient (Wildman–Crippen LogP) is 2.97. The molecule has 0 radical (unpaired) electrons. The minimum absolute atomic E-state index is 0.0643. The zero-order valence-corrected chi connectivity index (χ0v) is 8.61. The lowest BCUT2D eigenvalue weighted by Gasteiger charge is -2.00. The van der Waals surface area contributed by atoms with Crippen molar-refractivity contribution in [1.82, 2.24) is 4.98 Å². The summed E-state index contributed by atoms with van der Waals surface area (Å²) in [4.78, 5) is 15.8. The molecule has 0 unspecified atom stereocenters. The molecule has 2 rings (SSSR count). The second-order valence-corrected chi connectivity index (χ2v) is 3.52. The third-order valence-corrected chi connectivity index (χ3v) is 2.25. The second-order valence-electron chi connectivity index (χ2n) is 3.08. The Balaban J connectivity index is 2.37. The summed E-state index contributed by atoms with van der Waals surface area (Å²) in [5, 5.41) is 0.560. The van der Waals surface area contributed by atoms with Crippen molar-refractivity contribution in [3.63, 3.8) is 0 Å². The van der Waals surface area contributed by atoms with E-state index in [2.05, 4.69) is 4.98 Å². The van der Waals surface area contributed by atoms with Crippen LogP contribution in [0.1, 0.15) is 15.9 Å². The van der Waals surface area contributed by atoms with E-state index in [1.54, 1.807) is 48.8 Å². The Labute approximate surface area is 92.5 Å². The molecule has 0 amide bonds. The monoisotopic (exact) mass is 217 g/mol. The molecule has 1 heterocycles. The Hall–Kier alpha value is -1.67. The molecule has 0 spiro atoms. The number of aromatic nitrogens is 1. The van der Waals surface area contributed by atoms with Crippen molar-refractivity contribution in [2.24, 2.45) is 0 Å². The summed E-state index contributed by atoms with van der Waals surface area (Å²) >= 11 is 5.81. The lowest BCUT2D eigenvalue weighted by molar-refractivity contribution is 0.103. The Kier molecular flexibility index (Phi) is 2.79. The van der Waals surface area contributed by atoms with Gasteiger partial charge in [0, 0.05) is 28.5 Å². The van der Waals surface area contributed by atoms with Crippen molar-refractivity contribution in [2.75, 3.05) is 0 Å².